The van der Waals surface area contributed by atoms with Crippen molar-refractivity contribution in [3.05, 3.63) is 6.33 Å². The van der Waals surface area contributed by atoms with Crippen molar-refractivity contribution in [1.29, 1.82) is 0 Å². The van der Waals surface area contributed by atoms with Gasteiger partial charge in [-0.3, -0.25) is 0 Å². The molecule has 0 fully saturated rings. The van der Waals surface area contributed by atoms with Crippen molar-refractivity contribution in [2.24, 2.45) is 0 Å². The summed E-state index contributed by atoms with van der Waals surface area (Å²) in [5, 5.41) is 11.2. The molecule has 0 saturated carbocycles. The fraction of sp³-hybridized carbons (Fsp3) is 0.875. The number of aromatic nitrogens is 4. The summed E-state index contributed by atoms with van der Waals surface area (Å²) in [6.07, 6.45) is 6.41. The number of nitrogens with zero attached hydrogens (tertiary/aromatic N) is 4. The van der Waals surface area contributed by atoms with E-state index in [1.54, 1.807) is 6.33 Å². The predicted octanol–water partition coefficient (Wildman–Crippen LogP) is 1.81. The largest absolute Gasteiger partial charge is 0.229 e. The van der Waals surface area contributed by atoms with Crippen LogP contribution in [0, 0.1) is 0 Å². The molecule has 0 aromatic carbocycles. The maximum atomic E-state index is 3.91. The lowest BCUT2D eigenvalue weighted by Crippen LogP contribution is -2.09. The molecule has 0 radical (unpaired) electrons. The highest BCUT2D eigenvalue weighted by atomic mass is 15.5. The van der Waals surface area contributed by atoms with E-state index in [0.29, 0.717) is 6.04 Å². The monoisotopic (exact) mass is 168 g/mol. The van der Waals surface area contributed by atoms with Gasteiger partial charge in [0.1, 0.15) is 6.33 Å². The van der Waals surface area contributed by atoms with E-state index in [4.69, 9.17) is 0 Å². The van der Waals surface area contributed by atoms with Gasteiger partial charge < -0.3 is 0 Å². The van der Waals surface area contributed by atoms with Crippen LogP contribution in [0.4, 0.5) is 0 Å². The molecule has 0 unspecified atom stereocenters. The van der Waals surface area contributed by atoms with Crippen LogP contribution in [0.1, 0.15) is 45.6 Å². The summed E-state index contributed by atoms with van der Waals surface area (Å²) >= 11 is 0. The smallest absolute Gasteiger partial charge is 0.138 e. The normalized spacial score (nSPS) is 10.9. The number of hydrogen-bond acceptors (Lipinski definition) is 3. The van der Waals surface area contributed by atoms with Gasteiger partial charge >= 0.3 is 0 Å². The molecule has 0 aliphatic carbocycles. The molecule has 0 atom stereocenters. The van der Waals surface area contributed by atoms with Crippen molar-refractivity contribution >= 4 is 0 Å². The maximum absolute atomic E-state index is 3.91. The summed E-state index contributed by atoms with van der Waals surface area (Å²) in [5.74, 6) is 0. The van der Waals surface area contributed by atoms with Gasteiger partial charge in [0.2, 0.25) is 0 Å². The van der Waals surface area contributed by atoms with E-state index in [1.165, 1.54) is 25.7 Å². The zero-order valence-corrected chi connectivity index (χ0v) is 7.77. The zero-order chi connectivity index (χ0) is 8.81. The third-order valence-electron chi connectivity index (χ3n) is 1.98. The predicted molar refractivity (Wildman–Crippen MR) is 46.7 cm³/mol. The van der Waals surface area contributed by atoms with Gasteiger partial charge in [-0.05, 0) is 23.3 Å². The van der Waals surface area contributed by atoms with Crippen LogP contribution in [0.5, 0.6) is 0 Å². The lowest BCUT2D eigenvalue weighted by Gasteiger charge is -2.13. The standard InChI is InChI=1S/C8H16N4/c1-3-5-8(6-4-2)12-7-9-10-11-12/h7-8H,3-6H2,1-2H3. The van der Waals surface area contributed by atoms with Crippen LogP contribution >= 0.6 is 0 Å². The first kappa shape index (κ1) is 9.16. The third-order valence-corrected chi connectivity index (χ3v) is 1.98. The summed E-state index contributed by atoms with van der Waals surface area (Å²) in [6, 6.07) is 0.495. The Labute approximate surface area is 73.0 Å². The summed E-state index contributed by atoms with van der Waals surface area (Å²) in [5.41, 5.74) is 0. The molecular weight excluding hydrogens is 152 g/mol. The van der Waals surface area contributed by atoms with Gasteiger partial charge in [-0.15, -0.1) is 5.10 Å². The second-order valence-electron chi connectivity index (χ2n) is 3.02. The van der Waals surface area contributed by atoms with Gasteiger partial charge in [-0.25, -0.2) is 4.68 Å². The first-order valence-electron chi connectivity index (χ1n) is 4.61. The van der Waals surface area contributed by atoms with E-state index in [0.717, 1.165) is 0 Å². The third kappa shape index (κ3) is 2.29. The second kappa shape index (κ2) is 4.85. The lowest BCUT2D eigenvalue weighted by molar-refractivity contribution is 0.383. The van der Waals surface area contributed by atoms with Crippen molar-refractivity contribution in [3.8, 4) is 0 Å². The Morgan fingerprint density at radius 3 is 2.33 bits per heavy atom. The van der Waals surface area contributed by atoms with Crippen LogP contribution in [0.25, 0.3) is 0 Å². The summed E-state index contributed by atoms with van der Waals surface area (Å²) < 4.78 is 1.87. The molecule has 4 heteroatoms. The summed E-state index contributed by atoms with van der Waals surface area (Å²) in [6.45, 7) is 4.38. The second-order valence-corrected chi connectivity index (χ2v) is 3.02. The van der Waals surface area contributed by atoms with Crippen molar-refractivity contribution in [3.63, 3.8) is 0 Å². The van der Waals surface area contributed by atoms with E-state index < -0.39 is 0 Å². The number of tetrazole rings is 1. The molecule has 1 heterocycles. The van der Waals surface area contributed by atoms with E-state index in [9.17, 15) is 0 Å². The van der Waals surface area contributed by atoms with Crippen LogP contribution in [0.15, 0.2) is 6.33 Å². The van der Waals surface area contributed by atoms with Gasteiger partial charge in [0.15, 0.2) is 0 Å². The van der Waals surface area contributed by atoms with Crippen LogP contribution in [0.2, 0.25) is 0 Å². The Bertz CT molecular complexity index is 189. The van der Waals surface area contributed by atoms with Gasteiger partial charge in [0.25, 0.3) is 0 Å². The van der Waals surface area contributed by atoms with Crippen molar-refractivity contribution in [2.75, 3.05) is 0 Å². The number of hydrogen-bond donors (Lipinski definition) is 0. The molecule has 0 spiro atoms. The van der Waals surface area contributed by atoms with Crippen molar-refractivity contribution in [1.82, 2.24) is 20.2 Å². The van der Waals surface area contributed by atoms with Crippen LogP contribution in [-0.4, -0.2) is 20.2 Å². The molecule has 12 heavy (non-hydrogen) atoms. The number of rotatable bonds is 5. The van der Waals surface area contributed by atoms with Crippen LogP contribution in [0.3, 0.4) is 0 Å². The molecule has 0 N–H and O–H groups in total. The topological polar surface area (TPSA) is 43.6 Å². The molecule has 0 bridgehead atoms. The molecule has 68 valence electrons. The fourth-order valence-corrected chi connectivity index (χ4v) is 1.41. The lowest BCUT2D eigenvalue weighted by atomic mass is 10.1. The molecule has 1 aromatic rings. The highest BCUT2D eigenvalue weighted by molar-refractivity contribution is 4.64. The summed E-state index contributed by atoms with van der Waals surface area (Å²) in [4.78, 5) is 0. The van der Waals surface area contributed by atoms with Crippen molar-refractivity contribution < 1.29 is 0 Å². The molecule has 4 nitrogen and oxygen atoms in total. The van der Waals surface area contributed by atoms with E-state index in [2.05, 4.69) is 29.4 Å². The highest BCUT2D eigenvalue weighted by Crippen LogP contribution is 2.17. The van der Waals surface area contributed by atoms with E-state index in [-0.39, 0.29) is 0 Å². The molecule has 1 rings (SSSR count). The minimum atomic E-state index is 0.495. The van der Waals surface area contributed by atoms with Gasteiger partial charge in [-0.2, -0.15) is 0 Å². The van der Waals surface area contributed by atoms with E-state index >= 15 is 0 Å². The fourth-order valence-electron chi connectivity index (χ4n) is 1.41. The van der Waals surface area contributed by atoms with E-state index in [1.807, 2.05) is 4.68 Å². The first-order chi connectivity index (χ1) is 5.88. The Morgan fingerprint density at radius 1 is 1.25 bits per heavy atom. The molecule has 0 aliphatic heterocycles. The molecule has 0 amide bonds. The Morgan fingerprint density at radius 2 is 1.92 bits per heavy atom. The van der Waals surface area contributed by atoms with Gasteiger partial charge in [0, 0.05) is 0 Å². The Kier molecular flexibility index (Phi) is 3.70. The Hall–Kier alpha value is -0.930. The van der Waals surface area contributed by atoms with Gasteiger partial charge in [-0.1, -0.05) is 26.7 Å². The average Bonchev–Trinajstić information content (AvgIpc) is 2.56. The zero-order valence-electron chi connectivity index (χ0n) is 7.77. The van der Waals surface area contributed by atoms with Crippen molar-refractivity contribution in [2.45, 2.75) is 45.6 Å². The SMILES string of the molecule is CCCC(CCC)n1cnnn1. The average molecular weight is 168 g/mol. The highest BCUT2D eigenvalue weighted by Gasteiger charge is 2.08. The van der Waals surface area contributed by atoms with Gasteiger partial charge in [0.05, 0.1) is 6.04 Å². The Balaban J connectivity index is 2.53. The summed E-state index contributed by atoms with van der Waals surface area (Å²) in [7, 11) is 0. The van der Waals surface area contributed by atoms with Crippen LogP contribution < -0.4 is 0 Å². The minimum absolute atomic E-state index is 0.495. The first-order valence-corrected chi connectivity index (χ1v) is 4.61. The van der Waals surface area contributed by atoms with Crippen LogP contribution in [-0.2, 0) is 0 Å². The molecule has 0 saturated heterocycles. The minimum Gasteiger partial charge on any atom is -0.229 e. The molecular formula is C8H16N4. The molecule has 1 aromatic heterocycles. The maximum Gasteiger partial charge on any atom is 0.138 e. The molecule has 0 aliphatic rings. The quantitative estimate of drug-likeness (QED) is 0.673.